The van der Waals surface area contributed by atoms with E-state index in [1.165, 1.54) is 32.1 Å². The molecule has 198 valence electrons. The van der Waals surface area contributed by atoms with Crippen LogP contribution in [-0.2, 0) is 9.47 Å². The lowest BCUT2D eigenvalue weighted by molar-refractivity contribution is -0.0185. The second-order valence-corrected chi connectivity index (χ2v) is 10.5. The molecule has 35 heavy (non-hydrogen) atoms. The molecular weight excluding hydrogens is 469 g/mol. The molecule has 1 aliphatic carbocycles. The maximum Gasteiger partial charge on any atom is 0.317 e. The summed E-state index contributed by atoms with van der Waals surface area (Å²) in [6, 6.07) is 5.14. The fourth-order valence-electron chi connectivity index (χ4n) is 5.61. The number of hydrogen-bond donors (Lipinski definition) is 2. The van der Waals surface area contributed by atoms with Crippen molar-refractivity contribution < 1.29 is 18.7 Å². The highest BCUT2D eigenvalue weighted by atomic mass is 35.5. The number of amides is 2. The van der Waals surface area contributed by atoms with Crippen molar-refractivity contribution in [3.63, 3.8) is 0 Å². The van der Waals surface area contributed by atoms with Crippen LogP contribution >= 0.6 is 11.6 Å². The zero-order valence-electron chi connectivity index (χ0n) is 21.4. The van der Waals surface area contributed by atoms with Gasteiger partial charge in [0.05, 0.1) is 11.1 Å². The number of benzene rings is 1. The Morgan fingerprint density at radius 2 is 2.00 bits per heavy atom. The van der Waals surface area contributed by atoms with Gasteiger partial charge in [0.25, 0.3) is 0 Å². The van der Waals surface area contributed by atoms with Crippen LogP contribution in [0.2, 0.25) is 5.02 Å². The van der Waals surface area contributed by atoms with Gasteiger partial charge in [0, 0.05) is 57.5 Å². The summed E-state index contributed by atoms with van der Waals surface area (Å²) in [7, 11) is 3.59. The number of rotatable bonds is 12. The molecule has 0 aromatic heterocycles. The lowest BCUT2D eigenvalue weighted by atomic mass is 9.85. The number of piperidine rings is 1. The molecule has 1 aliphatic heterocycles. The molecule has 1 aromatic carbocycles. The fraction of sp³-hybridized carbons (Fsp3) is 0.741. The van der Waals surface area contributed by atoms with Crippen molar-refractivity contribution in [1.29, 1.82) is 0 Å². The zero-order chi connectivity index (χ0) is 25.0. The van der Waals surface area contributed by atoms with E-state index in [1.807, 2.05) is 11.9 Å². The van der Waals surface area contributed by atoms with E-state index in [9.17, 15) is 9.18 Å². The monoisotopic (exact) mass is 511 g/mol. The highest BCUT2D eigenvalue weighted by molar-refractivity contribution is 6.30. The Morgan fingerprint density at radius 1 is 1.20 bits per heavy atom. The number of carbonyl (C=O) groups is 1. The second kappa shape index (κ2) is 15.0. The van der Waals surface area contributed by atoms with Crippen LogP contribution in [0.25, 0.3) is 0 Å². The standard InChI is InChI=1S/C27H43ClFN3O3/c1-30-18-22(17-20-9-4-3-5-10-20)31-27(33)32-14-7-11-21(19-32)26(35-16-8-15-34-2)23-12-6-13-24(28)25(23)29/h6,12-13,20-22,26,30H,3-5,7-11,14-19H2,1-2H3,(H,31,33)/t21-,22?,26-/m1/s1. The molecule has 6 nitrogen and oxygen atoms in total. The predicted molar refractivity (Wildman–Crippen MR) is 138 cm³/mol. The fourth-order valence-corrected chi connectivity index (χ4v) is 5.79. The van der Waals surface area contributed by atoms with Gasteiger partial charge in [0.2, 0.25) is 0 Å². The van der Waals surface area contributed by atoms with E-state index in [1.54, 1.807) is 25.3 Å². The average Bonchev–Trinajstić information content (AvgIpc) is 2.87. The summed E-state index contributed by atoms with van der Waals surface area (Å²) in [6.07, 6.45) is 9.44. The molecule has 1 aromatic rings. The van der Waals surface area contributed by atoms with E-state index in [0.717, 1.165) is 32.2 Å². The van der Waals surface area contributed by atoms with Crippen LogP contribution in [0.3, 0.4) is 0 Å². The van der Waals surface area contributed by atoms with E-state index in [2.05, 4.69) is 10.6 Å². The second-order valence-electron chi connectivity index (χ2n) is 10.1. The van der Waals surface area contributed by atoms with Crippen molar-refractivity contribution in [2.24, 2.45) is 11.8 Å². The first-order chi connectivity index (χ1) is 17.0. The first-order valence-corrected chi connectivity index (χ1v) is 13.7. The van der Waals surface area contributed by atoms with Gasteiger partial charge in [0.1, 0.15) is 5.82 Å². The van der Waals surface area contributed by atoms with Crippen molar-refractivity contribution >= 4 is 17.6 Å². The van der Waals surface area contributed by atoms with Crippen molar-refractivity contribution in [2.75, 3.05) is 47.0 Å². The molecule has 2 aliphatic rings. The molecule has 8 heteroatoms. The Bertz CT molecular complexity index is 778. The number of nitrogens with zero attached hydrogens (tertiary/aromatic N) is 1. The highest BCUT2D eigenvalue weighted by Crippen LogP contribution is 2.36. The number of carbonyl (C=O) groups excluding carboxylic acids is 1. The Balaban J connectivity index is 1.66. The van der Waals surface area contributed by atoms with E-state index >= 15 is 0 Å². The Labute approximate surface area is 215 Å². The first kappa shape index (κ1) is 28.2. The average molecular weight is 512 g/mol. The van der Waals surface area contributed by atoms with Gasteiger partial charge in [-0.25, -0.2) is 9.18 Å². The Kier molecular flexibility index (Phi) is 12.1. The Morgan fingerprint density at radius 3 is 2.74 bits per heavy atom. The number of urea groups is 1. The summed E-state index contributed by atoms with van der Waals surface area (Å²) in [5, 5.41) is 6.62. The van der Waals surface area contributed by atoms with Gasteiger partial charge in [-0.3, -0.25) is 0 Å². The lowest BCUT2D eigenvalue weighted by Crippen LogP contribution is -2.52. The van der Waals surface area contributed by atoms with E-state index in [0.29, 0.717) is 37.8 Å². The molecule has 0 bridgehead atoms. The van der Waals surface area contributed by atoms with Crippen molar-refractivity contribution in [3.05, 3.63) is 34.6 Å². The van der Waals surface area contributed by atoms with Crippen LogP contribution in [0.1, 0.15) is 69.5 Å². The van der Waals surface area contributed by atoms with Crippen LogP contribution in [0.4, 0.5) is 9.18 Å². The van der Waals surface area contributed by atoms with E-state index < -0.39 is 11.9 Å². The normalized spacial score (nSPS) is 21.0. The minimum Gasteiger partial charge on any atom is -0.385 e. The Hall–Kier alpha value is -1.41. The summed E-state index contributed by atoms with van der Waals surface area (Å²) in [6.45, 7) is 3.03. The third kappa shape index (κ3) is 8.59. The zero-order valence-corrected chi connectivity index (χ0v) is 22.1. The number of likely N-dealkylation sites (N-methyl/N-ethyl adjacent to an activating group) is 1. The van der Waals surface area contributed by atoms with Crippen LogP contribution in [0.5, 0.6) is 0 Å². The summed E-state index contributed by atoms with van der Waals surface area (Å²) >= 11 is 6.10. The van der Waals surface area contributed by atoms with Gasteiger partial charge in [-0.1, -0.05) is 55.8 Å². The number of likely N-dealkylation sites (tertiary alicyclic amines) is 1. The molecule has 2 N–H and O–H groups in total. The van der Waals surface area contributed by atoms with Crippen LogP contribution in [0, 0.1) is 17.7 Å². The van der Waals surface area contributed by atoms with Crippen LogP contribution in [0.15, 0.2) is 18.2 Å². The number of nitrogens with one attached hydrogen (secondary N) is 2. The molecule has 3 atom stereocenters. The SMILES string of the molecule is CNCC(CC1CCCCC1)NC(=O)N1CCC[C@@H]([C@@H](OCCCOC)c2cccc(Cl)c2F)C1. The molecule has 0 radical (unpaired) electrons. The van der Waals surface area contributed by atoms with Gasteiger partial charge in [-0.2, -0.15) is 0 Å². The van der Waals surface area contributed by atoms with Gasteiger partial charge in [-0.15, -0.1) is 0 Å². The minimum atomic E-state index is -0.462. The van der Waals surface area contributed by atoms with E-state index in [-0.39, 0.29) is 23.0 Å². The lowest BCUT2D eigenvalue weighted by Gasteiger charge is -2.38. The molecule has 0 spiro atoms. The van der Waals surface area contributed by atoms with Crippen molar-refractivity contribution in [2.45, 2.75) is 69.9 Å². The van der Waals surface area contributed by atoms with Crippen LogP contribution in [-0.4, -0.2) is 64.0 Å². The third-order valence-electron chi connectivity index (χ3n) is 7.37. The van der Waals surface area contributed by atoms with Gasteiger partial charge >= 0.3 is 6.03 Å². The molecular formula is C27H43ClFN3O3. The predicted octanol–water partition coefficient (Wildman–Crippen LogP) is 5.55. The van der Waals surface area contributed by atoms with Crippen molar-refractivity contribution in [3.8, 4) is 0 Å². The molecule has 1 heterocycles. The molecule has 1 unspecified atom stereocenters. The van der Waals surface area contributed by atoms with Crippen molar-refractivity contribution in [1.82, 2.24) is 15.5 Å². The molecule has 1 saturated carbocycles. The van der Waals surface area contributed by atoms with E-state index in [4.69, 9.17) is 21.1 Å². The number of hydrogen-bond acceptors (Lipinski definition) is 4. The number of methoxy groups -OCH3 is 1. The summed E-state index contributed by atoms with van der Waals surface area (Å²) in [4.78, 5) is 15.2. The highest BCUT2D eigenvalue weighted by Gasteiger charge is 2.33. The number of halogens is 2. The molecule has 2 amide bonds. The number of ether oxygens (including phenoxy) is 2. The maximum absolute atomic E-state index is 15.0. The topological polar surface area (TPSA) is 62.8 Å². The summed E-state index contributed by atoms with van der Waals surface area (Å²) < 4.78 is 26.3. The smallest absolute Gasteiger partial charge is 0.317 e. The molecule has 2 fully saturated rings. The third-order valence-corrected chi connectivity index (χ3v) is 7.66. The quantitative estimate of drug-likeness (QED) is 0.361. The summed E-state index contributed by atoms with van der Waals surface area (Å²) in [5.41, 5.74) is 0.465. The van der Waals surface area contributed by atoms with Gasteiger partial charge in [-0.05, 0) is 44.7 Å². The van der Waals surface area contributed by atoms with Crippen LogP contribution < -0.4 is 10.6 Å². The molecule has 3 rings (SSSR count). The minimum absolute atomic E-state index is 0.00824. The first-order valence-electron chi connectivity index (χ1n) is 13.3. The molecule has 1 saturated heterocycles. The maximum atomic E-state index is 15.0. The summed E-state index contributed by atoms with van der Waals surface area (Å²) in [5.74, 6) is 0.243. The largest absolute Gasteiger partial charge is 0.385 e. The van der Waals surface area contributed by atoms with Gasteiger partial charge < -0.3 is 25.0 Å². The van der Waals surface area contributed by atoms with Gasteiger partial charge in [0.15, 0.2) is 0 Å².